The van der Waals surface area contributed by atoms with E-state index in [1.165, 1.54) is 12.0 Å². The topological polar surface area (TPSA) is 38.0 Å². The van der Waals surface area contributed by atoms with Gasteiger partial charge in [0.15, 0.2) is 0 Å². The van der Waals surface area contributed by atoms with Crippen molar-refractivity contribution in [1.82, 2.24) is 9.78 Å². The molecule has 3 heteroatoms. The maximum absolute atomic E-state index is 10.1. The molecule has 0 aliphatic heterocycles. The van der Waals surface area contributed by atoms with Crippen molar-refractivity contribution in [2.24, 2.45) is 11.3 Å². The van der Waals surface area contributed by atoms with Crippen LogP contribution in [0.2, 0.25) is 0 Å². The van der Waals surface area contributed by atoms with Crippen LogP contribution in [0.1, 0.15) is 71.4 Å². The minimum absolute atomic E-state index is 0.164. The highest BCUT2D eigenvalue weighted by Gasteiger charge is 2.39. The van der Waals surface area contributed by atoms with Crippen molar-refractivity contribution in [2.45, 2.75) is 78.4 Å². The van der Waals surface area contributed by atoms with Gasteiger partial charge in [0.05, 0.1) is 18.3 Å². The number of rotatable bonds is 5. The summed E-state index contributed by atoms with van der Waals surface area (Å²) in [6.07, 6.45) is 10.4. The summed E-state index contributed by atoms with van der Waals surface area (Å²) >= 11 is 0. The largest absolute Gasteiger partial charge is 0.393 e. The Labute approximate surface area is 123 Å². The second-order valence-electron chi connectivity index (χ2n) is 7.06. The molecule has 1 saturated carbocycles. The van der Waals surface area contributed by atoms with Crippen molar-refractivity contribution in [3.05, 3.63) is 18.0 Å². The fraction of sp³-hybridized carbons (Fsp3) is 0.824. The van der Waals surface area contributed by atoms with Crippen LogP contribution < -0.4 is 0 Å². The lowest BCUT2D eigenvalue weighted by Gasteiger charge is -2.43. The molecule has 0 aromatic carbocycles. The quantitative estimate of drug-likeness (QED) is 0.885. The monoisotopic (exact) mass is 278 g/mol. The number of aryl methyl sites for hydroxylation is 1. The molecule has 0 bridgehead atoms. The minimum Gasteiger partial charge on any atom is -0.393 e. The molecule has 1 fully saturated rings. The van der Waals surface area contributed by atoms with Gasteiger partial charge < -0.3 is 5.11 Å². The van der Waals surface area contributed by atoms with Crippen molar-refractivity contribution in [1.29, 1.82) is 0 Å². The Balaban J connectivity index is 2.22. The molecule has 20 heavy (non-hydrogen) atoms. The predicted molar refractivity (Wildman–Crippen MR) is 82.7 cm³/mol. The molecule has 1 aliphatic rings. The van der Waals surface area contributed by atoms with Crippen LogP contribution in [0.4, 0.5) is 0 Å². The molecular formula is C17H30N2O. The van der Waals surface area contributed by atoms with Gasteiger partial charge in [0, 0.05) is 6.20 Å². The molecule has 3 nitrogen and oxygen atoms in total. The van der Waals surface area contributed by atoms with Crippen molar-refractivity contribution in [3.8, 4) is 0 Å². The molecule has 1 aromatic heterocycles. The minimum atomic E-state index is -0.164. The third-order valence-corrected chi connectivity index (χ3v) is 5.24. The van der Waals surface area contributed by atoms with Gasteiger partial charge in [-0.05, 0) is 42.6 Å². The Morgan fingerprint density at radius 3 is 2.75 bits per heavy atom. The second-order valence-corrected chi connectivity index (χ2v) is 7.06. The standard InChI is InChI=1S/C17H30N2O/c1-5-7-13-11-18-19(12-13)16-10-14(20)8-9-15(16)17(3,4)6-2/h11-12,14-16,20H,5-10H2,1-4H3. The number of hydrogen-bond acceptors (Lipinski definition) is 2. The van der Waals surface area contributed by atoms with E-state index in [-0.39, 0.29) is 6.10 Å². The zero-order chi connectivity index (χ0) is 14.8. The van der Waals surface area contributed by atoms with Crippen molar-refractivity contribution >= 4 is 0 Å². The molecule has 1 aromatic rings. The first kappa shape index (κ1) is 15.6. The van der Waals surface area contributed by atoms with E-state index in [2.05, 4.69) is 43.7 Å². The first-order chi connectivity index (χ1) is 9.47. The van der Waals surface area contributed by atoms with Crippen molar-refractivity contribution < 1.29 is 5.11 Å². The lowest BCUT2D eigenvalue weighted by molar-refractivity contribution is 0.0171. The van der Waals surface area contributed by atoms with Crippen LogP contribution >= 0.6 is 0 Å². The molecule has 0 spiro atoms. The third-order valence-electron chi connectivity index (χ3n) is 5.24. The van der Waals surface area contributed by atoms with E-state index in [1.807, 2.05) is 6.20 Å². The lowest BCUT2D eigenvalue weighted by Crippen LogP contribution is -2.38. The van der Waals surface area contributed by atoms with Crippen LogP contribution in [-0.2, 0) is 6.42 Å². The second kappa shape index (κ2) is 6.30. The van der Waals surface area contributed by atoms with Gasteiger partial charge >= 0.3 is 0 Å². The Morgan fingerprint density at radius 1 is 1.35 bits per heavy atom. The third kappa shape index (κ3) is 3.25. The van der Waals surface area contributed by atoms with Crippen LogP contribution in [0, 0.1) is 11.3 Å². The molecule has 1 aliphatic carbocycles. The van der Waals surface area contributed by atoms with Crippen LogP contribution in [0.15, 0.2) is 12.4 Å². The van der Waals surface area contributed by atoms with E-state index >= 15 is 0 Å². The molecular weight excluding hydrogens is 248 g/mol. The van der Waals surface area contributed by atoms with Gasteiger partial charge in [0.1, 0.15) is 0 Å². The van der Waals surface area contributed by atoms with E-state index in [4.69, 9.17) is 0 Å². The number of aliphatic hydroxyl groups is 1. The summed E-state index contributed by atoms with van der Waals surface area (Å²) in [5.41, 5.74) is 1.63. The van der Waals surface area contributed by atoms with Gasteiger partial charge in [-0.2, -0.15) is 5.10 Å². The van der Waals surface area contributed by atoms with Gasteiger partial charge in [-0.15, -0.1) is 0 Å². The Kier molecular flexibility index (Phi) is 4.90. The number of aromatic nitrogens is 2. The average molecular weight is 278 g/mol. The first-order valence-corrected chi connectivity index (χ1v) is 8.19. The van der Waals surface area contributed by atoms with Crippen LogP contribution in [0.25, 0.3) is 0 Å². The van der Waals surface area contributed by atoms with Crippen LogP contribution in [0.5, 0.6) is 0 Å². The van der Waals surface area contributed by atoms with Crippen LogP contribution in [-0.4, -0.2) is 21.0 Å². The summed E-state index contributed by atoms with van der Waals surface area (Å²) in [7, 11) is 0. The fourth-order valence-corrected chi connectivity index (χ4v) is 3.57. The molecule has 114 valence electrons. The zero-order valence-corrected chi connectivity index (χ0v) is 13.5. The van der Waals surface area contributed by atoms with Gasteiger partial charge in [-0.1, -0.05) is 40.5 Å². The average Bonchev–Trinajstić information content (AvgIpc) is 2.87. The SMILES string of the molecule is CCCc1cnn(C2CC(O)CCC2C(C)(C)CC)c1. The molecule has 2 rings (SSSR count). The Morgan fingerprint density at radius 2 is 2.10 bits per heavy atom. The molecule has 3 atom stereocenters. The first-order valence-electron chi connectivity index (χ1n) is 8.19. The summed E-state index contributed by atoms with van der Waals surface area (Å²) in [4.78, 5) is 0. The zero-order valence-electron chi connectivity index (χ0n) is 13.5. The highest BCUT2D eigenvalue weighted by atomic mass is 16.3. The maximum atomic E-state index is 10.1. The number of hydrogen-bond donors (Lipinski definition) is 1. The van der Waals surface area contributed by atoms with E-state index in [0.29, 0.717) is 17.4 Å². The van der Waals surface area contributed by atoms with Crippen LogP contribution in [0.3, 0.4) is 0 Å². The van der Waals surface area contributed by atoms with E-state index < -0.39 is 0 Å². The van der Waals surface area contributed by atoms with Gasteiger partial charge in [0.2, 0.25) is 0 Å². The summed E-state index contributed by atoms with van der Waals surface area (Å²) in [6, 6.07) is 0.347. The smallest absolute Gasteiger partial charge is 0.0577 e. The maximum Gasteiger partial charge on any atom is 0.0577 e. The lowest BCUT2D eigenvalue weighted by atomic mass is 9.66. The van der Waals surface area contributed by atoms with Gasteiger partial charge in [0.25, 0.3) is 0 Å². The molecule has 1 N–H and O–H groups in total. The summed E-state index contributed by atoms with van der Waals surface area (Å²) in [6.45, 7) is 9.19. The molecule has 0 radical (unpaired) electrons. The van der Waals surface area contributed by atoms with Crippen molar-refractivity contribution in [3.63, 3.8) is 0 Å². The van der Waals surface area contributed by atoms with E-state index in [0.717, 1.165) is 32.1 Å². The van der Waals surface area contributed by atoms with E-state index in [1.54, 1.807) is 0 Å². The normalized spacial score (nSPS) is 27.8. The summed E-state index contributed by atoms with van der Waals surface area (Å²) in [5.74, 6) is 0.602. The Hall–Kier alpha value is -0.830. The summed E-state index contributed by atoms with van der Waals surface area (Å²) < 4.78 is 2.13. The highest BCUT2D eigenvalue weighted by Crippen LogP contribution is 2.46. The molecule has 3 unspecified atom stereocenters. The van der Waals surface area contributed by atoms with Gasteiger partial charge in [-0.25, -0.2) is 0 Å². The molecule has 1 heterocycles. The predicted octanol–water partition coefficient (Wildman–Crippen LogP) is 3.97. The van der Waals surface area contributed by atoms with E-state index in [9.17, 15) is 5.11 Å². The highest BCUT2D eigenvalue weighted by molar-refractivity contribution is 5.05. The number of nitrogens with zero attached hydrogens (tertiary/aromatic N) is 2. The number of aliphatic hydroxyl groups excluding tert-OH is 1. The Bertz CT molecular complexity index is 424. The summed E-state index contributed by atoms with van der Waals surface area (Å²) in [5, 5.41) is 14.7. The van der Waals surface area contributed by atoms with Gasteiger partial charge in [-0.3, -0.25) is 4.68 Å². The fourth-order valence-electron chi connectivity index (χ4n) is 3.57. The molecule has 0 amide bonds. The molecule has 0 saturated heterocycles. The van der Waals surface area contributed by atoms with Crippen molar-refractivity contribution in [2.75, 3.05) is 0 Å².